The van der Waals surface area contributed by atoms with E-state index in [0.717, 1.165) is 41.9 Å². The number of aromatic nitrogens is 3. The summed E-state index contributed by atoms with van der Waals surface area (Å²) in [4.78, 5) is 6.54. The zero-order chi connectivity index (χ0) is 18.8. The maximum atomic E-state index is 10.1. The Balaban J connectivity index is 1.65. The van der Waals surface area contributed by atoms with E-state index in [1.807, 2.05) is 36.5 Å². The Kier molecular flexibility index (Phi) is 4.93. The molecule has 1 fully saturated rings. The van der Waals surface area contributed by atoms with E-state index in [1.165, 1.54) is 6.33 Å². The molecule has 8 nitrogen and oxygen atoms in total. The van der Waals surface area contributed by atoms with Crippen molar-refractivity contribution in [2.75, 3.05) is 19.0 Å². The Morgan fingerprint density at radius 2 is 2.26 bits per heavy atom. The quantitative estimate of drug-likeness (QED) is 0.630. The highest BCUT2D eigenvalue weighted by Gasteiger charge is 2.27. The molecule has 0 radical (unpaired) electrons. The van der Waals surface area contributed by atoms with Crippen LogP contribution in [-0.2, 0) is 6.54 Å². The predicted octanol–water partition coefficient (Wildman–Crippen LogP) is 1.72. The third-order valence-corrected chi connectivity index (χ3v) is 5.00. The molecule has 3 heterocycles. The van der Waals surface area contributed by atoms with Crippen LogP contribution in [0.15, 0.2) is 42.9 Å². The zero-order valence-corrected chi connectivity index (χ0v) is 15.2. The molecule has 0 amide bonds. The van der Waals surface area contributed by atoms with Crippen LogP contribution in [0.1, 0.15) is 18.4 Å². The Morgan fingerprint density at radius 3 is 3.11 bits per heavy atom. The van der Waals surface area contributed by atoms with Crippen LogP contribution in [0.25, 0.3) is 5.52 Å². The number of ether oxygens (including phenoxy) is 1. The van der Waals surface area contributed by atoms with Crippen molar-refractivity contribution < 1.29 is 9.84 Å². The molecule has 1 saturated heterocycles. The second-order valence-electron chi connectivity index (χ2n) is 6.77. The molecule has 0 bridgehead atoms. The van der Waals surface area contributed by atoms with Crippen LogP contribution in [0.4, 0.5) is 11.5 Å². The van der Waals surface area contributed by atoms with Gasteiger partial charge < -0.3 is 20.9 Å². The van der Waals surface area contributed by atoms with Crippen molar-refractivity contribution >= 4 is 17.0 Å². The van der Waals surface area contributed by atoms with Crippen molar-refractivity contribution in [2.45, 2.75) is 31.7 Å². The van der Waals surface area contributed by atoms with E-state index < -0.39 is 6.10 Å². The Labute approximate surface area is 157 Å². The number of anilines is 2. The van der Waals surface area contributed by atoms with Gasteiger partial charge in [-0.15, -0.1) is 0 Å². The minimum Gasteiger partial charge on any atom is -0.497 e. The average Bonchev–Trinajstić information content (AvgIpc) is 3.10. The number of nitrogens with two attached hydrogens (primary N) is 1. The molecule has 4 rings (SSSR count). The SMILES string of the molecule is COc1cccc(Nc2ncnn3ccc(CN4CCC[C@@H](O)[C@@H]4N)c23)c1. The van der Waals surface area contributed by atoms with Gasteiger partial charge in [-0.3, -0.25) is 4.90 Å². The van der Waals surface area contributed by atoms with Crippen LogP contribution in [-0.4, -0.2) is 50.5 Å². The first-order chi connectivity index (χ1) is 13.2. The number of benzene rings is 1. The molecule has 2 atom stereocenters. The van der Waals surface area contributed by atoms with Crippen LogP contribution >= 0.6 is 0 Å². The van der Waals surface area contributed by atoms with Crippen LogP contribution in [0.5, 0.6) is 5.75 Å². The van der Waals surface area contributed by atoms with Crippen molar-refractivity contribution in [3.63, 3.8) is 0 Å². The van der Waals surface area contributed by atoms with E-state index in [1.54, 1.807) is 11.6 Å². The highest BCUT2D eigenvalue weighted by atomic mass is 16.5. The predicted molar refractivity (Wildman–Crippen MR) is 103 cm³/mol. The summed E-state index contributed by atoms with van der Waals surface area (Å²) in [5.74, 6) is 1.48. The molecule has 0 unspecified atom stereocenters. The topological polar surface area (TPSA) is 101 Å². The molecule has 1 aromatic carbocycles. The van der Waals surface area contributed by atoms with E-state index in [2.05, 4.69) is 20.3 Å². The monoisotopic (exact) mass is 368 g/mol. The van der Waals surface area contributed by atoms with Gasteiger partial charge in [0.05, 0.1) is 19.4 Å². The van der Waals surface area contributed by atoms with Gasteiger partial charge in [0.2, 0.25) is 0 Å². The van der Waals surface area contributed by atoms with Crippen molar-refractivity contribution in [1.29, 1.82) is 0 Å². The Bertz CT molecular complexity index is 927. The van der Waals surface area contributed by atoms with Gasteiger partial charge in [0.15, 0.2) is 5.82 Å². The highest BCUT2D eigenvalue weighted by Crippen LogP contribution is 2.27. The summed E-state index contributed by atoms with van der Waals surface area (Å²) in [5, 5.41) is 17.7. The number of fused-ring (bicyclic) bond motifs is 1. The molecule has 2 aromatic heterocycles. The summed E-state index contributed by atoms with van der Waals surface area (Å²) < 4.78 is 7.09. The van der Waals surface area contributed by atoms with E-state index in [0.29, 0.717) is 12.4 Å². The Hall–Kier alpha value is -2.68. The fraction of sp³-hybridized carbons (Fsp3) is 0.368. The number of aliphatic hydroxyl groups excluding tert-OH is 1. The summed E-state index contributed by atoms with van der Waals surface area (Å²) in [7, 11) is 1.64. The third-order valence-electron chi connectivity index (χ3n) is 5.00. The molecule has 0 spiro atoms. The minimum absolute atomic E-state index is 0.354. The minimum atomic E-state index is -0.488. The number of hydrogen-bond donors (Lipinski definition) is 3. The lowest BCUT2D eigenvalue weighted by Gasteiger charge is -2.36. The fourth-order valence-electron chi connectivity index (χ4n) is 3.54. The third kappa shape index (κ3) is 3.59. The van der Waals surface area contributed by atoms with Gasteiger partial charge in [-0.05, 0) is 36.6 Å². The summed E-state index contributed by atoms with van der Waals surface area (Å²) in [5.41, 5.74) is 9.02. The van der Waals surface area contributed by atoms with Gasteiger partial charge in [0.25, 0.3) is 0 Å². The lowest BCUT2D eigenvalue weighted by Crippen LogP contribution is -2.53. The lowest BCUT2D eigenvalue weighted by atomic mass is 10.0. The number of aliphatic hydroxyl groups is 1. The van der Waals surface area contributed by atoms with Crippen LogP contribution in [0, 0.1) is 0 Å². The molecular weight excluding hydrogens is 344 g/mol. The molecule has 0 saturated carbocycles. The highest BCUT2D eigenvalue weighted by molar-refractivity contribution is 5.76. The van der Waals surface area contributed by atoms with Gasteiger partial charge >= 0.3 is 0 Å². The number of nitrogens with zero attached hydrogens (tertiary/aromatic N) is 4. The molecule has 1 aliphatic heterocycles. The molecule has 27 heavy (non-hydrogen) atoms. The standard InChI is InChI=1S/C19H24N6O2/c1-27-15-5-2-4-14(10-15)23-19-17-13(7-9-25(17)22-12-21-19)11-24-8-3-6-16(26)18(24)20/h2,4-5,7,9-10,12,16,18,26H,3,6,8,11,20H2,1H3,(H,21,22,23)/t16-,18-/m1/s1. The molecular formula is C19H24N6O2. The van der Waals surface area contributed by atoms with E-state index in [4.69, 9.17) is 10.5 Å². The van der Waals surface area contributed by atoms with Gasteiger partial charge in [-0.25, -0.2) is 9.50 Å². The normalized spacial score (nSPS) is 20.7. The maximum Gasteiger partial charge on any atom is 0.158 e. The molecule has 1 aliphatic rings. The lowest BCUT2D eigenvalue weighted by molar-refractivity contribution is 0.00984. The zero-order valence-electron chi connectivity index (χ0n) is 15.2. The second-order valence-corrected chi connectivity index (χ2v) is 6.77. The number of piperidine rings is 1. The van der Waals surface area contributed by atoms with Gasteiger partial charge in [0, 0.05) is 31.0 Å². The van der Waals surface area contributed by atoms with Gasteiger partial charge in [-0.1, -0.05) is 6.07 Å². The van der Waals surface area contributed by atoms with Gasteiger partial charge in [-0.2, -0.15) is 5.10 Å². The van der Waals surface area contributed by atoms with Crippen LogP contribution in [0.3, 0.4) is 0 Å². The fourth-order valence-corrected chi connectivity index (χ4v) is 3.54. The number of methoxy groups -OCH3 is 1. The van der Waals surface area contributed by atoms with Crippen molar-refractivity contribution in [2.24, 2.45) is 5.73 Å². The first-order valence-corrected chi connectivity index (χ1v) is 9.05. The first kappa shape index (κ1) is 17.7. The first-order valence-electron chi connectivity index (χ1n) is 9.05. The van der Waals surface area contributed by atoms with Crippen LogP contribution < -0.4 is 15.8 Å². The number of hydrogen-bond acceptors (Lipinski definition) is 7. The maximum absolute atomic E-state index is 10.1. The molecule has 4 N–H and O–H groups in total. The smallest absolute Gasteiger partial charge is 0.158 e. The second kappa shape index (κ2) is 7.51. The molecule has 3 aromatic rings. The summed E-state index contributed by atoms with van der Waals surface area (Å²) in [6.45, 7) is 1.50. The largest absolute Gasteiger partial charge is 0.497 e. The van der Waals surface area contributed by atoms with Crippen molar-refractivity contribution in [3.8, 4) is 5.75 Å². The van der Waals surface area contributed by atoms with Crippen molar-refractivity contribution in [3.05, 3.63) is 48.4 Å². The van der Waals surface area contributed by atoms with Gasteiger partial charge in [0.1, 0.15) is 17.6 Å². The molecule has 8 heteroatoms. The number of nitrogens with one attached hydrogen (secondary N) is 1. The van der Waals surface area contributed by atoms with E-state index >= 15 is 0 Å². The van der Waals surface area contributed by atoms with Crippen molar-refractivity contribution in [1.82, 2.24) is 19.5 Å². The number of rotatable bonds is 5. The van der Waals surface area contributed by atoms with E-state index in [-0.39, 0.29) is 6.17 Å². The molecule has 142 valence electrons. The summed E-state index contributed by atoms with van der Waals surface area (Å²) >= 11 is 0. The van der Waals surface area contributed by atoms with E-state index in [9.17, 15) is 5.11 Å². The summed E-state index contributed by atoms with van der Waals surface area (Å²) in [6.07, 6.45) is 4.28. The Morgan fingerprint density at radius 1 is 1.37 bits per heavy atom. The average molecular weight is 368 g/mol. The summed E-state index contributed by atoms with van der Waals surface area (Å²) in [6, 6.07) is 9.71. The number of likely N-dealkylation sites (tertiary alicyclic amines) is 1. The van der Waals surface area contributed by atoms with Crippen LogP contribution in [0.2, 0.25) is 0 Å². The molecule has 0 aliphatic carbocycles.